The molecule has 3 aromatic carbocycles. The molecule has 0 aromatic heterocycles. The summed E-state index contributed by atoms with van der Waals surface area (Å²) in [5, 5.41) is 4.61. The molecule has 0 fully saturated rings. The molecular weight excluding hydrogens is 449 g/mol. The first-order chi connectivity index (χ1) is 15.6. The molecule has 7 heteroatoms. The first-order valence-electron chi connectivity index (χ1n) is 10.2. The van der Waals surface area contributed by atoms with Crippen molar-refractivity contribution in [3.63, 3.8) is 0 Å². The molecule has 0 aliphatic rings. The zero-order valence-electron chi connectivity index (χ0n) is 18.4. The van der Waals surface area contributed by atoms with Crippen molar-refractivity contribution in [1.29, 1.82) is 0 Å². The van der Waals surface area contributed by atoms with Gasteiger partial charge in [0.2, 0.25) is 0 Å². The maximum Gasteiger partial charge on any atom is 0.166 e. The van der Waals surface area contributed by atoms with Gasteiger partial charge in [-0.1, -0.05) is 47.5 Å². The summed E-state index contributed by atoms with van der Waals surface area (Å²) in [6, 6.07) is 17.2. The zero-order valence-corrected chi connectivity index (χ0v) is 19.9. The maximum absolute atomic E-state index is 6.29. The smallest absolute Gasteiger partial charge is 0.166 e. The lowest BCUT2D eigenvalue weighted by Crippen LogP contribution is -2.17. The highest BCUT2D eigenvalue weighted by Gasteiger charge is 2.13. The quantitative estimate of drug-likeness (QED) is 0.348. The first kappa shape index (κ1) is 24.1. The van der Waals surface area contributed by atoms with E-state index in [0.717, 1.165) is 41.2 Å². The molecule has 0 bridgehead atoms. The maximum atomic E-state index is 6.29. The molecule has 5 nitrogen and oxygen atoms in total. The second-order valence-corrected chi connectivity index (χ2v) is 7.87. The Morgan fingerprint density at radius 3 is 2.16 bits per heavy atom. The van der Waals surface area contributed by atoms with Crippen LogP contribution in [0.2, 0.25) is 10.0 Å². The van der Waals surface area contributed by atoms with Gasteiger partial charge < -0.3 is 24.3 Å². The summed E-state index contributed by atoms with van der Waals surface area (Å²) >= 11 is 12.6. The fraction of sp³-hybridized carbons (Fsp3) is 0.280. The number of hydrogen-bond acceptors (Lipinski definition) is 5. The lowest BCUT2D eigenvalue weighted by Gasteiger charge is -2.17. The molecule has 1 N–H and O–H groups in total. The number of nitrogens with one attached hydrogen (secondary N) is 1. The Bertz CT molecular complexity index is 1020. The highest BCUT2D eigenvalue weighted by molar-refractivity contribution is 6.35. The van der Waals surface area contributed by atoms with E-state index in [2.05, 4.69) is 5.32 Å². The van der Waals surface area contributed by atoms with Gasteiger partial charge in [0.15, 0.2) is 23.0 Å². The lowest BCUT2D eigenvalue weighted by molar-refractivity contribution is 0.281. The van der Waals surface area contributed by atoms with Gasteiger partial charge in [-0.3, -0.25) is 0 Å². The van der Waals surface area contributed by atoms with Gasteiger partial charge in [-0.25, -0.2) is 0 Å². The van der Waals surface area contributed by atoms with Crippen molar-refractivity contribution >= 4 is 23.2 Å². The third-order valence-electron chi connectivity index (χ3n) is 5.06. The van der Waals surface area contributed by atoms with E-state index in [4.69, 9.17) is 42.1 Å². The Hall–Kier alpha value is -2.60. The van der Waals surface area contributed by atoms with Crippen molar-refractivity contribution in [3.05, 3.63) is 81.3 Å². The highest BCUT2D eigenvalue weighted by atomic mass is 35.5. The second-order valence-electron chi connectivity index (χ2n) is 7.05. The number of methoxy groups -OCH3 is 3. The van der Waals surface area contributed by atoms with Gasteiger partial charge in [0.25, 0.3) is 0 Å². The molecule has 0 radical (unpaired) electrons. The van der Waals surface area contributed by atoms with Crippen molar-refractivity contribution in [3.8, 4) is 23.0 Å². The van der Waals surface area contributed by atoms with Gasteiger partial charge in [-0.05, 0) is 48.9 Å². The van der Waals surface area contributed by atoms with Gasteiger partial charge in [-0.2, -0.15) is 0 Å². The van der Waals surface area contributed by atoms with Gasteiger partial charge in [0.05, 0.1) is 21.3 Å². The van der Waals surface area contributed by atoms with Crippen molar-refractivity contribution in [2.45, 2.75) is 19.6 Å². The molecule has 170 valence electrons. The van der Waals surface area contributed by atoms with Crippen LogP contribution in [0, 0.1) is 0 Å². The van der Waals surface area contributed by atoms with Crippen LogP contribution in [0.5, 0.6) is 23.0 Å². The van der Waals surface area contributed by atoms with Crippen LogP contribution in [0.1, 0.15) is 16.7 Å². The topological polar surface area (TPSA) is 49.0 Å². The fourth-order valence-electron chi connectivity index (χ4n) is 3.33. The molecule has 0 saturated heterocycles. The van der Waals surface area contributed by atoms with Crippen LogP contribution in [0.3, 0.4) is 0 Å². The lowest BCUT2D eigenvalue weighted by atomic mass is 10.1. The molecule has 0 saturated carbocycles. The molecule has 0 spiro atoms. The third-order valence-corrected chi connectivity index (χ3v) is 5.76. The van der Waals surface area contributed by atoms with E-state index in [1.165, 1.54) is 0 Å². The summed E-state index contributed by atoms with van der Waals surface area (Å²) in [7, 11) is 4.89. The average molecular weight is 476 g/mol. The summed E-state index contributed by atoms with van der Waals surface area (Å²) < 4.78 is 22.3. The standard InChI is InChI=1S/C25H27Cl2NO4/c1-29-22-11-10-17(14-24(22)31-3)12-13-28-15-18-6-4-9-23(30-2)25(18)32-16-19-20(26)7-5-8-21(19)27/h4-11,14,28H,12-13,15-16H2,1-3H3. The van der Waals surface area contributed by atoms with Crippen molar-refractivity contribution in [2.24, 2.45) is 0 Å². The summed E-state index contributed by atoms with van der Waals surface area (Å²) in [4.78, 5) is 0. The molecule has 0 aliphatic heterocycles. The number of benzene rings is 3. The summed E-state index contributed by atoms with van der Waals surface area (Å²) in [5.41, 5.74) is 2.89. The van der Waals surface area contributed by atoms with Gasteiger partial charge >= 0.3 is 0 Å². The third kappa shape index (κ3) is 6.00. The average Bonchev–Trinajstić information content (AvgIpc) is 2.81. The van der Waals surface area contributed by atoms with E-state index in [1.807, 2.05) is 42.5 Å². The van der Waals surface area contributed by atoms with E-state index in [-0.39, 0.29) is 6.61 Å². The molecule has 0 atom stereocenters. The Morgan fingerprint density at radius 1 is 0.781 bits per heavy atom. The van der Waals surface area contributed by atoms with Crippen LogP contribution >= 0.6 is 23.2 Å². The van der Waals surface area contributed by atoms with Crippen LogP contribution in [0.15, 0.2) is 54.6 Å². The van der Waals surface area contributed by atoms with Gasteiger partial charge in [0.1, 0.15) is 6.61 Å². The number of rotatable bonds is 11. The van der Waals surface area contributed by atoms with Crippen LogP contribution < -0.4 is 24.3 Å². The van der Waals surface area contributed by atoms with Gasteiger partial charge in [0, 0.05) is 27.7 Å². The van der Waals surface area contributed by atoms with Crippen molar-refractivity contribution in [1.82, 2.24) is 5.32 Å². The van der Waals surface area contributed by atoms with Crippen LogP contribution in [0.25, 0.3) is 0 Å². The number of ether oxygens (including phenoxy) is 4. The SMILES string of the molecule is COc1ccc(CCNCc2cccc(OC)c2OCc2c(Cl)cccc2Cl)cc1OC. The molecule has 3 rings (SSSR count). The van der Waals surface area contributed by atoms with E-state index >= 15 is 0 Å². The minimum atomic E-state index is 0.248. The van der Waals surface area contributed by atoms with Crippen LogP contribution in [0.4, 0.5) is 0 Å². The molecule has 0 aliphatic carbocycles. The predicted molar refractivity (Wildman–Crippen MR) is 129 cm³/mol. The van der Waals surface area contributed by atoms with E-state index < -0.39 is 0 Å². The van der Waals surface area contributed by atoms with Crippen LogP contribution in [-0.4, -0.2) is 27.9 Å². The zero-order chi connectivity index (χ0) is 22.9. The number of halogens is 2. The normalized spacial score (nSPS) is 10.7. The Balaban J connectivity index is 1.64. The minimum absolute atomic E-state index is 0.248. The first-order valence-corrected chi connectivity index (χ1v) is 11.0. The van der Waals surface area contributed by atoms with E-state index in [0.29, 0.717) is 28.1 Å². The second kappa shape index (κ2) is 11.9. The van der Waals surface area contributed by atoms with E-state index in [1.54, 1.807) is 33.5 Å². The Kier molecular flexibility index (Phi) is 8.91. The molecule has 0 unspecified atom stereocenters. The van der Waals surface area contributed by atoms with Crippen molar-refractivity contribution in [2.75, 3.05) is 27.9 Å². The largest absolute Gasteiger partial charge is 0.493 e. The van der Waals surface area contributed by atoms with Gasteiger partial charge in [-0.15, -0.1) is 0 Å². The monoisotopic (exact) mass is 475 g/mol. The van der Waals surface area contributed by atoms with Crippen molar-refractivity contribution < 1.29 is 18.9 Å². The Morgan fingerprint density at radius 2 is 1.47 bits per heavy atom. The van der Waals surface area contributed by atoms with E-state index in [9.17, 15) is 0 Å². The fourth-order valence-corrected chi connectivity index (χ4v) is 3.84. The summed E-state index contributed by atoms with van der Waals surface area (Å²) in [6.45, 7) is 1.65. The summed E-state index contributed by atoms with van der Waals surface area (Å²) in [5.74, 6) is 2.78. The molecule has 3 aromatic rings. The highest BCUT2D eigenvalue weighted by Crippen LogP contribution is 2.34. The summed E-state index contributed by atoms with van der Waals surface area (Å²) in [6.07, 6.45) is 0.843. The predicted octanol–water partition coefficient (Wildman–Crippen LogP) is 5.93. The molecule has 0 amide bonds. The molecule has 0 heterocycles. The van der Waals surface area contributed by atoms with Crippen LogP contribution in [-0.2, 0) is 19.6 Å². The minimum Gasteiger partial charge on any atom is -0.493 e. The number of hydrogen-bond donors (Lipinski definition) is 1. The molecular formula is C25H27Cl2NO4. The molecule has 32 heavy (non-hydrogen) atoms. The Labute approximate surface area is 199 Å². The number of para-hydroxylation sites is 1.